The lowest BCUT2D eigenvalue weighted by Crippen LogP contribution is -2.35. The summed E-state index contributed by atoms with van der Waals surface area (Å²) < 4.78 is 0. The summed E-state index contributed by atoms with van der Waals surface area (Å²) in [6.45, 7) is 5.40. The van der Waals surface area contributed by atoms with Crippen molar-refractivity contribution >= 4 is 17.5 Å². The lowest BCUT2D eigenvalue weighted by atomic mass is 10.0. The van der Waals surface area contributed by atoms with E-state index in [1.165, 1.54) is 24.1 Å². The molecule has 23 heavy (non-hydrogen) atoms. The number of piperidine rings is 1. The van der Waals surface area contributed by atoms with Gasteiger partial charge < -0.3 is 9.80 Å². The molecule has 120 valence electrons. The van der Waals surface area contributed by atoms with Crippen LogP contribution in [-0.2, 0) is 6.42 Å². The molecule has 5 heteroatoms. The quantitative estimate of drug-likeness (QED) is 0.852. The van der Waals surface area contributed by atoms with E-state index in [-0.39, 0.29) is 0 Å². The van der Waals surface area contributed by atoms with E-state index in [2.05, 4.69) is 51.2 Å². The predicted molar refractivity (Wildman–Crippen MR) is 92.2 cm³/mol. The topological polar surface area (TPSA) is 45.2 Å². The maximum Gasteiger partial charge on any atom is 0.251 e. The Kier molecular flexibility index (Phi) is 3.85. The molecule has 0 N–H and O–H groups in total. The average Bonchev–Trinajstić information content (AvgIpc) is 2.61. The molecule has 1 unspecified atom stereocenters. The third-order valence-electron chi connectivity index (χ3n) is 4.87. The van der Waals surface area contributed by atoms with Gasteiger partial charge in [-0.2, -0.15) is 10.1 Å². The standard InChI is InChI=1S/C18H23N5/c1-14-6-4-10-22(13-14)17-12-19-21-18(20-17)23-11-5-8-15-7-2-3-9-16(15)23/h2-3,7,9,12,14H,4-6,8,10-11,13H2,1H3. The minimum absolute atomic E-state index is 0.720. The van der Waals surface area contributed by atoms with Crippen LogP contribution in [0.2, 0.25) is 0 Å². The number of anilines is 3. The molecular weight excluding hydrogens is 286 g/mol. The van der Waals surface area contributed by atoms with E-state index in [0.29, 0.717) is 0 Å². The number of fused-ring (bicyclic) bond motifs is 1. The Morgan fingerprint density at radius 2 is 2.04 bits per heavy atom. The zero-order chi connectivity index (χ0) is 15.6. The van der Waals surface area contributed by atoms with Crippen LogP contribution in [0.5, 0.6) is 0 Å². The molecule has 1 aromatic carbocycles. The first-order valence-electron chi connectivity index (χ1n) is 8.61. The van der Waals surface area contributed by atoms with Crippen LogP contribution < -0.4 is 9.80 Å². The third-order valence-corrected chi connectivity index (χ3v) is 4.87. The van der Waals surface area contributed by atoms with Gasteiger partial charge in [0.2, 0.25) is 0 Å². The normalized spacial score (nSPS) is 21.2. The zero-order valence-corrected chi connectivity index (χ0v) is 13.6. The first kappa shape index (κ1) is 14.4. The molecule has 0 saturated carbocycles. The Morgan fingerprint density at radius 3 is 2.96 bits per heavy atom. The highest BCUT2D eigenvalue weighted by molar-refractivity contribution is 5.63. The third kappa shape index (κ3) is 2.87. The van der Waals surface area contributed by atoms with E-state index >= 15 is 0 Å². The summed E-state index contributed by atoms with van der Waals surface area (Å²) in [7, 11) is 0. The molecule has 1 saturated heterocycles. The van der Waals surface area contributed by atoms with Crippen LogP contribution >= 0.6 is 0 Å². The predicted octanol–water partition coefficient (Wildman–Crippen LogP) is 3.19. The van der Waals surface area contributed by atoms with Gasteiger partial charge in [-0.05, 0) is 43.2 Å². The van der Waals surface area contributed by atoms with Gasteiger partial charge in [0, 0.05) is 25.3 Å². The molecule has 2 aromatic rings. The molecule has 0 spiro atoms. The fourth-order valence-corrected chi connectivity index (χ4v) is 3.69. The Labute approximate surface area is 137 Å². The second kappa shape index (κ2) is 6.14. The SMILES string of the molecule is CC1CCCN(c2cnnc(N3CCCc4ccccc43)n2)C1. The number of rotatable bonds is 2. The smallest absolute Gasteiger partial charge is 0.251 e. The Balaban J connectivity index is 1.64. The second-order valence-electron chi connectivity index (χ2n) is 6.69. The van der Waals surface area contributed by atoms with Gasteiger partial charge in [0.05, 0.1) is 6.20 Å². The van der Waals surface area contributed by atoms with Crippen LogP contribution in [0.15, 0.2) is 30.5 Å². The summed E-state index contributed by atoms with van der Waals surface area (Å²) in [5.74, 6) is 2.41. The maximum absolute atomic E-state index is 4.83. The van der Waals surface area contributed by atoms with Gasteiger partial charge in [-0.3, -0.25) is 0 Å². The van der Waals surface area contributed by atoms with E-state index in [1.54, 1.807) is 6.20 Å². The lowest BCUT2D eigenvalue weighted by molar-refractivity contribution is 0.444. The minimum Gasteiger partial charge on any atom is -0.355 e. The summed E-state index contributed by atoms with van der Waals surface area (Å²) in [5.41, 5.74) is 2.60. The molecule has 4 rings (SSSR count). The highest BCUT2D eigenvalue weighted by atomic mass is 15.4. The zero-order valence-electron chi connectivity index (χ0n) is 13.6. The van der Waals surface area contributed by atoms with E-state index in [4.69, 9.17) is 4.98 Å². The van der Waals surface area contributed by atoms with Gasteiger partial charge in [-0.15, -0.1) is 5.10 Å². The molecule has 0 bridgehead atoms. The van der Waals surface area contributed by atoms with Crippen LogP contribution in [0, 0.1) is 5.92 Å². The van der Waals surface area contributed by atoms with Crippen molar-refractivity contribution in [2.24, 2.45) is 5.92 Å². The van der Waals surface area contributed by atoms with E-state index in [0.717, 1.165) is 50.2 Å². The number of nitrogens with zero attached hydrogens (tertiary/aromatic N) is 5. The van der Waals surface area contributed by atoms with E-state index in [1.807, 2.05) is 0 Å². The molecule has 0 radical (unpaired) electrons. The van der Waals surface area contributed by atoms with Crippen molar-refractivity contribution < 1.29 is 0 Å². The molecular formula is C18H23N5. The molecule has 1 atom stereocenters. The molecule has 0 amide bonds. The molecule has 1 aromatic heterocycles. The van der Waals surface area contributed by atoms with Gasteiger partial charge in [0.15, 0.2) is 5.82 Å². The van der Waals surface area contributed by atoms with Crippen molar-refractivity contribution in [2.75, 3.05) is 29.4 Å². The van der Waals surface area contributed by atoms with Crippen LogP contribution in [-0.4, -0.2) is 34.8 Å². The van der Waals surface area contributed by atoms with E-state index < -0.39 is 0 Å². The Morgan fingerprint density at radius 1 is 1.13 bits per heavy atom. The van der Waals surface area contributed by atoms with Gasteiger partial charge in [-0.25, -0.2) is 0 Å². The second-order valence-corrected chi connectivity index (χ2v) is 6.69. The van der Waals surface area contributed by atoms with Crippen molar-refractivity contribution in [1.29, 1.82) is 0 Å². The monoisotopic (exact) mass is 309 g/mol. The van der Waals surface area contributed by atoms with Gasteiger partial charge in [-0.1, -0.05) is 25.1 Å². The maximum atomic E-state index is 4.83. The molecule has 2 aliphatic heterocycles. The fourth-order valence-electron chi connectivity index (χ4n) is 3.69. The number of aromatic nitrogens is 3. The Bertz CT molecular complexity index is 687. The number of aryl methyl sites for hydroxylation is 1. The van der Waals surface area contributed by atoms with Crippen LogP contribution in [0.3, 0.4) is 0 Å². The molecule has 0 aliphatic carbocycles. The number of hydrogen-bond donors (Lipinski definition) is 0. The summed E-state index contributed by atoms with van der Waals surface area (Å²) in [6, 6.07) is 8.55. The molecule has 5 nitrogen and oxygen atoms in total. The number of para-hydroxylation sites is 1. The van der Waals surface area contributed by atoms with Crippen molar-refractivity contribution in [3.63, 3.8) is 0 Å². The summed E-state index contributed by atoms with van der Waals surface area (Å²) in [4.78, 5) is 9.39. The summed E-state index contributed by atoms with van der Waals surface area (Å²) in [6.07, 6.45) is 6.60. The van der Waals surface area contributed by atoms with Crippen molar-refractivity contribution in [2.45, 2.75) is 32.6 Å². The largest absolute Gasteiger partial charge is 0.355 e. The van der Waals surface area contributed by atoms with Crippen molar-refractivity contribution in [3.05, 3.63) is 36.0 Å². The van der Waals surface area contributed by atoms with Crippen LogP contribution in [0.25, 0.3) is 0 Å². The average molecular weight is 309 g/mol. The van der Waals surface area contributed by atoms with Gasteiger partial charge in [0.1, 0.15) is 0 Å². The van der Waals surface area contributed by atoms with Gasteiger partial charge in [0.25, 0.3) is 5.95 Å². The highest BCUT2D eigenvalue weighted by Crippen LogP contribution is 2.32. The minimum atomic E-state index is 0.720. The number of benzene rings is 1. The first-order chi connectivity index (χ1) is 11.3. The molecule has 2 aliphatic rings. The van der Waals surface area contributed by atoms with E-state index in [9.17, 15) is 0 Å². The Hall–Kier alpha value is -2.17. The van der Waals surface area contributed by atoms with Gasteiger partial charge >= 0.3 is 0 Å². The van der Waals surface area contributed by atoms with Crippen LogP contribution in [0.4, 0.5) is 17.5 Å². The first-order valence-corrected chi connectivity index (χ1v) is 8.61. The lowest BCUT2D eigenvalue weighted by Gasteiger charge is -2.33. The highest BCUT2D eigenvalue weighted by Gasteiger charge is 2.23. The number of hydrogen-bond acceptors (Lipinski definition) is 5. The summed E-state index contributed by atoms with van der Waals surface area (Å²) >= 11 is 0. The van der Waals surface area contributed by atoms with Crippen LogP contribution in [0.1, 0.15) is 31.7 Å². The fraction of sp³-hybridized carbons (Fsp3) is 0.500. The summed E-state index contributed by atoms with van der Waals surface area (Å²) in [5, 5.41) is 8.55. The molecule has 3 heterocycles. The molecule has 1 fully saturated rings. The van der Waals surface area contributed by atoms with Crippen molar-refractivity contribution in [1.82, 2.24) is 15.2 Å². The van der Waals surface area contributed by atoms with Crippen molar-refractivity contribution in [3.8, 4) is 0 Å².